The normalized spacial score (nSPS) is 11.3. The van der Waals surface area contributed by atoms with E-state index in [9.17, 15) is 4.79 Å². The number of hydrogen-bond donors (Lipinski definition) is 1. The van der Waals surface area contributed by atoms with Gasteiger partial charge in [-0.3, -0.25) is 4.79 Å². The lowest BCUT2D eigenvalue weighted by Gasteiger charge is -1.98. The van der Waals surface area contributed by atoms with Crippen LogP contribution in [0.15, 0.2) is 11.6 Å². The zero-order valence-electron chi connectivity index (χ0n) is 6.90. The van der Waals surface area contributed by atoms with Gasteiger partial charge in [-0.2, -0.15) is 0 Å². The van der Waals surface area contributed by atoms with Crippen molar-refractivity contribution in [3.63, 3.8) is 0 Å². The maximum absolute atomic E-state index is 10.7. The van der Waals surface area contributed by atoms with Gasteiger partial charge in [0, 0.05) is 13.5 Å². The number of allylic oxidation sites excluding steroid dienone is 2. The van der Waals surface area contributed by atoms with Gasteiger partial charge in [0.2, 0.25) is 5.91 Å². The molecule has 0 atom stereocenters. The topological polar surface area (TPSA) is 29.1 Å². The van der Waals surface area contributed by atoms with Crippen LogP contribution < -0.4 is 5.32 Å². The van der Waals surface area contributed by atoms with Crippen molar-refractivity contribution in [1.29, 1.82) is 0 Å². The summed E-state index contributed by atoms with van der Waals surface area (Å²) in [7, 11) is 1.66. The maximum Gasteiger partial charge on any atom is 0.220 e. The first-order chi connectivity index (χ1) is 4.70. The molecule has 0 aromatic heterocycles. The molecule has 0 aliphatic heterocycles. The van der Waals surface area contributed by atoms with E-state index in [1.807, 2.05) is 19.9 Å². The summed E-state index contributed by atoms with van der Waals surface area (Å²) in [5.74, 6) is 0.112. The highest BCUT2D eigenvalue weighted by Crippen LogP contribution is 2.01. The van der Waals surface area contributed by atoms with E-state index in [-0.39, 0.29) is 5.91 Å². The van der Waals surface area contributed by atoms with Gasteiger partial charge >= 0.3 is 0 Å². The average Bonchev–Trinajstić information content (AvgIpc) is 1.99. The predicted octanol–water partition coefficient (Wildman–Crippen LogP) is 1.48. The fourth-order valence-corrected chi connectivity index (χ4v) is 0.580. The van der Waals surface area contributed by atoms with E-state index in [2.05, 4.69) is 5.32 Å². The molecule has 0 aliphatic carbocycles. The van der Waals surface area contributed by atoms with Crippen LogP contribution in [0, 0.1) is 0 Å². The fraction of sp³-hybridized carbons (Fsp3) is 0.625. The summed E-state index contributed by atoms with van der Waals surface area (Å²) in [6.45, 7) is 4.02. The van der Waals surface area contributed by atoms with Gasteiger partial charge in [-0.25, -0.2) is 0 Å². The molecule has 1 N–H and O–H groups in total. The Hall–Kier alpha value is -0.790. The molecule has 0 aliphatic rings. The molecular weight excluding hydrogens is 126 g/mol. The third kappa shape index (κ3) is 4.13. The Bertz CT molecular complexity index is 138. The summed E-state index contributed by atoms with van der Waals surface area (Å²) in [6.07, 6.45) is 3.51. The molecule has 1 amide bonds. The molecule has 0 fully saturated rings. The molecule has 0 unspecified atom stereocenters. The van der Waals surface area contributed by atoms with Crippen LogP contribution >= 0.6 is 0 Å². The molecule has 0 saturated heterocycles. The first-order valence-corrected chi connectivity index (χ1v) is 3.53. The van der Waals surface area contributed by atoms with Gasteiger partial charge in [0.15, 0.2) is 0 Å². The van der Waals surface area contributed by atoms with E-state index in [0.29, 0.717) is 6.42 Å². The molecular formula is C8H15NO. The summed E-state index contributed by atoms with van der Waals surface area (Å²) in [5.41, 5.74) is 1.27. The van der Waals surface area contributed by atoms with Crippen molar-refractivity contribution in [1.82, 2.24) is 5.32 Å². The van der Waals surface area contributed by atoms with Crippen molar-refractivity contribution in [2.45, 2.75) is 26.7 Å². The lowest BCUT2D eigenvalue weighted by Crippen LogP contribution is -2.16. The number of carbonyl (C=O) groups excluding carboxylic acids is 1. The van der Waals surface area contributed by atoms with Crippen LogP contribution in [-0.2, 0) is 4.79 Å². The van der Waals surface area contributed by atoms with Crippen LogP contribution in [0.4, 0.5) is 0 Å². The Kier molecular flexibility index (Phi) is 4.63. The Labute approximate surface area is 62.3 Å². The van der Waals surface area contributed by atoms with E-state index in [1.54, 1.807) is 7.05 Å². The Balaban J connectivity index is 3.45. The van der Waals surface area contributed by atoms with Gasteiger partial charge < -0.3 is 5.32 Å². The minimum Gasteiger partial charge on any atom is -0.359 e. The number of nitrogens with one attached hydrogen (secondary N) is 1. The maximum atomic E-state index is 10.7. The minimum atomic E-state index is 0.112. The van der Waals surface area contributed by atoms with Crippen molar-refractivity contribution < 1.29 is 4.79 Å². The molecule has 0 spiro atoms. The second-order valence-electron chi connectivity index (χ2n) is 2.31. The highest BCUT2D eigenvalue weighted by atomic mass is 16.1. The van der Waals surface area contributed by atoms with Crippen molar-refractivity contribution in [2.75, 3.05) is 7.05 Å². The molecule has 0 radical (unpaired) electrons. The van der Waals surface area contributed by atoms with E-state index in [1.165, 1.54) is 5.57 Å². The van der Waals surface area contributed by atoms with Crippen LogP contribution in [0.1, 0.15) is 26.7 Å². The summed E-state index contributed by atoms with van der Waals surface area (Å²) >= 11 is 0. The molecule has 10 heavy (non-hydrogen) atoms. The summed E-state index contributed by atoms with van der Waals surface area (Å²) in [6, 6.07) is 0. The lowest BCUT2D eigenvalue weighted by atomic mass is 10.1. The lowest BCUT2D eigenvalue weighted by molar-refractivity contribution is -0.120. The zero-order chi connectivity index (χ0) is 7.98. The van der Waals surface area contributed by atoms with Gasteiger partial charge in [0.05, 0.1) is 0 Å². The zero-order valence-corrected chi connectivity index (χ0v) is 6.90. The second kappa shape index (κ2) is 5.03. The van der Waals surface area contributed by atoms with Crippen molar-refractivity contribution in [3.8, 4) is 0 Å². The van der Waals surface area contributed by atoms with Crippen molar-refractivity contribution in [2.24, 2.45) is 0 Å². The number of rotatable bonds is 3. The highest BCUT2D eigenvalue weighted by Gasteiger charge is 1.96. The monoisotopic (exact) mass is 141 g/mol. The van der Waals surface area contributed by atoms with Gasteiger partial charge in [-0.15, -0.1) is 0 Å². The fourth-order valence-electron chi connectivity index (χ4n) is 0.580. The van der Waals surface area contributed by atoms with Crippen LogP contribution in [0.2, 0.25) is 0 Å². The second-order valence-corrected chi connectivity index (χ2v) is 2.31. The molecule has 0 heterocycles. The predicted molar refractivity (Wildman–Crippen MR) is 42.7 cm³/mol. The van der Waals surface area contributed by atoms with Crippen LogP contribution in [0.3, 0.4) is 0 Å². The molecule has 0 saturated carbocycles. The average molecular weight is 141 g/mol. The Morgan fingerprint density at radius 1 is 1.50 bits per heavy atom. The van der Waals surface area contributed by atoms with E-state index in [4.69, 9.17) is 0 Å². The molecule has 0 aromatic rings. The molecule has 0 rings (SSSR count). The number of hydrogen-bond acceptors (Lipinski definition) is 1. The van der Waals surface area contributed by atoms with Gasteiger partial charge in [0.25, 0.3) is 0 Å². The minimum absolute atomic E-state index is 0.112. The van der Waals surface area contributed by atoms with Crippen LogP contribution in [-0.4, -0.2) is 13.0 Å². The Morgan fingerprint density at radius 3 is 2.50 bits per heavy atom. The van der Waals surface area contributed by atoms with Crippen molar-refractivity contribution >= 4 is 5.91 Å². The van der Waals surface area contributed by atoms with E-state index < -0.39 is 0 Å². The van der Waals surface area contributed by atoms with Crippen LogP contribution in [0.5, 0.6) is 0 Å². The van der Waals surface area contributed by atoms with Crippen LogP contribution in [0.25, 0.3) is 0 Å². The van der Waals surface area contributed by atoms with Gasteiger partial charge in [-0.1, -0.05) is 11.6 Å². The van der Waals surface area contributed by atoms with E-state index in [0.717, 1.165) is 6.42 Å². The number of carbonyl (C=O) groups is 1. The largest absolute Gasteiger partial charge is 0.359 e. The first kappa shape index (κ1) is 9.21. The third-order valence-electron chi connectivity index (χ3n) is 1.52. The van der Waals surface area contributed by atoms with Gasteiger partial charge in [0.1, 0.15) is 0 Å². The first-order valence-electron chi connectivity index (χ1n) is 3.53. The number of amides is 1. The van der Waals surface area contributed by atoms with E-state index >= 15 is 0 Å². The summed E-state index contributed by atoms with van der Waals surface area (Å²) in [5, 5.41) is 2.58. The quantitative estimate of drug-likeness (QED) is 0.592. The van der Waals surface area contributed by atoms with Gasteiger partial charge in [-0.05, 0) is 20.3 Å². The summed E-state index contributed by atoms with van der Waals surface area (Å²) in [4.78, 5) is 10.7. The standard InChI is InChI=1S/C8H15NO/c1-4-7(2)5-6-8(10)9-3/h4H,5-6H2,1-3H3,(H,9,10). The highest BCUT2D eigenvalue weighted by molar-refractivity contribution is 5.75. The summed E-state index contributed by atoms with van der Waals surface area (Å²) < 4.78 is 0. The molecule has 58 valence electrons. The SMILES string of the molecule is CC=C(C)CCC(=O)NC. The molecule has 2 nitrogen and oxygen atoms in total. The molecule has 0 bridgehead atoms. The molecule has 2 heteroatoms. The third-order valence-corrected chi connectivity index (χ3v) is 1.52. The smallest absolute Gasteiger partial charge is 0.220 e. The molecule has 0 aromatic carbocycles. The van der Waals surface area contributed by atoms with Crippen molar-refractivity contribution in [3.05, 3.63) is 11.6 Å². The Morgan fingerprint density at radius 2 is 2.10 bits per heavy atom.